The zero-order chi connectivity index (χ0) is 23.7. The van der Waals surface area contributed by atoms with E-state index in [1.54, 1.807) is 12.3 Å². The Hall–Kier alpha value is -3.49. The van der Waals surface area contributed by atoms with Gasteiger partial charge in [-0.25, -0.2) is 9.97 Å². The largest absolute Gasteiger partial charge is 0.382 e. The second-order valence-electron chi connectivity index (χ2n) is 8.82. The Morgan fingerprint density at radius 2 is 2.06 bits per heavy atom. The highest BCUT2D eigenvalue weighted by Crippen LogP contribution is 2.35. The smallest absolute Gasteiger partial charge is 0.150 e. The van der Waals surface area contributed by atoms with Crippen molar-refractivity contribution >= 4 is 39.9 Å². The van der Waals surface area contributed by atoms with Gasteiger partial charge in [-0.15, -0.1) is 0 Å². The molecule has 1 aliphatic heterocycles. The number of aromatic nitrogens is 4. The summed E-state index contributed by atoms with van der Waals surface area (Å²) < 4.78 is 2.14. The Labute approximate surface area is 202 Å². The normalized spacial score (nSPS) is 14.9. The fourth-order valence-electron chi connectivity index (χ4n) is 4.61. The lowest BCUT2D eigenvalue weighted by molar-refractivity contribution is 0.112. The Morgan fingerprint density at radius 1 is 1.24 bits per heavy atom. The Morgan fingerprint density at radius 3 is 2.74 bits per heavy atom. The topological polar surface area (TPSA) is 92.3 Å². The predicted octanol–water partition coefficient (Wildman–Crippen LogP) is 5.14. The van der Waals surface area contributed by atoms with Crippen molar-refractivity contribution in [1.29, 1.82) is 0 Å². The number of imidazole rings is 1. The maximum atomic E-state index is 9.87. The summed E-state index contributed by atoms with van der Waals surface area (Å²) in [6.07, 6.45) is 6.83. The monoisotopic (exact) mass is 472 g/mol. The van der Waals surface area contributed by atoms with Gasteiger partial charge in [-0.3, -0.25) is 9.20 Å². The third-order valence-electron chi connectivity index (χ3n) is 6.51. The molecule has 1 aromatic carbocycles. The van der Waals surface area contributed by atoms with Gasteiger partial charge in [0.2, 0.25) is 0 Å². The van der Waals surface area contributed by atoms with Crippen LogP contribution in [0.3, 0.4) is 0 Å². The molecular formula is C26H28N6OS. The van der Waals surface area contributed by atoms with Gasteiger partial charge in [0.1, 0.15) is 22.9 Å². The lowest BCUT2D eigenvalue weighted by Crippen LogP contribution is -2.29. The molecule has 0 aliphatic carbocycles. The van der Waals surface area contributed by atoms with Gasteiger partial charge in [0, 0.05) is 40.2 Å². The number of fused-ring (bicyclic) bond motifs is 2. The molecular weight excluding hydrogens is 444 g/mol. The second-order valence-corrected chi connectivity index (χ2v) is 9.60. The SMILES string of the molecule is Cc1cccc2[nH]c(-c3nc(C4CCN(C)CC4)n4ccnc(N)c34)cc12.O=Cc1ccsc1. The number of nitrogens with zero attached hydrogens (tertiary/aromatic N) is 4. The highest BCUT2D eigenvalue weighted by Gasteiger charge is 2.26. The molecule has 8 heteroatoms. The summed E-state index contributed by atoms with van der Waals surface area (Å²) in [5, 5.41) is 4.91. The molecule has 7 nitrogen and oxygen atoms in total. The summed E-state index contributed by atoms with van der Waals surface area (Å²) in [7, 11) is 2.18. The number of H-pyrrole nitrogens is 1. The first kappa shape index (κ1) is 22.3. The molecule has 0 unspecified atom stereocenters. The van der Waals surface area contributed by atoms with Crippen LogP contribution in [-0.2, 0) is 0 Å². The van der Waals surface area contributed by atoms with Crippen LogP contribution in [0.15, 0.2) is 53.5 Å². The van der Waals surface area contributed by atoms with E-state index in [4.69, 9.17) is 10.7 Å². The average molecular weight is 473 g/mol. The van der Waals surface area contributed by atoms with Gasteiger partial charge in [0.05, 0.1) is 5.69 Å². The van der Waals surface area contributed by atoms with Crippen molar-refractivity contribution in [3.05, 3.63) is 70.4 Å². The van der Waals surface area contributed by atoms with Crippen LogP contribution in [-0.4, -0.2) is 50.7 Å². The van der Waals surface area contributed by atoms with Crippen LogP contribution in [0.25, 0.3) is 27.8 Å². The lowest BCUT2D eigenvalue weighted by Gasteiger charge is -2.28. The maximum Gasteiger partial charge on any atom is 0.150 e. The maximum absolute atomic E-state index is 9.87. The molecule has 5 heterocycles. The van der Waals surface area contributed by atoms with E-state index < -0.39 is 0 Å². The number of carbonyl (C=O) groups is 1. The summed E-state index contributed by atoms with van der Waals surface area (Å²) in [5.41, 5.74) is 12.2. The number of thiophene rings is 1. The quantitative estimate of drug-likeness (QED) is 0.355. The van der Waals surface area contributed by atoms with Crippen molar-refractivity contribution in [2.45, 2.75) is 25.7 Å². The van der Waals surface area contributed by atoms with Crippen molar-refractivity contribution in [3.63, 3.8) is 0 Å². The number of likely N-dealkylation sites (tertiary alicyclic amines) is 1. The van der Waals surface area contributed by atoms with E-state index in [2.05, 4.69) is 57.5 Å². The zero-order valence-corrected chi connectivity index (χ0v) is 20.2. The number of hydrogen-bond acceptors (Lipinski definition) is 6. The van der Waals surface area contributed by atoms with Crippen LogP contribution >= 0.6 is 11.3 Å². The molecule has 6 rings (SSSR count). The molecule has 1 fully saturated rings. The molecule has 5 aromatic rings. The van der Waals surface area contributed by atoms with Crippen molar-refractivity contribution in [2.75, 3.05) is 25.9 Å². The number of anilines is 1. The van der Waals surface area contributed by atoms with Gasteiger partial charge in [0.15, 0.2) is 6.29 Å². The summed E-state index contributed by atoms with van der Waals surface area (Å²) >= 11 is 1.53. The van der Waals surface area contributed by atoms with Crippen molar-refractivity contribution < 1.29 is 4.79 Å². The number of piperidine rings is 1. The fraction of sp³-hybridized carbons (Fsp3) is 0.269. The van der Waals surface area contributed by atoms with E-state index >= 15 is 0 Å². The molecule has 1 saturated heterocycles. The number of aldehydes is 1. The van der Waals surface area contributed by atoms with Gasteiger partial charge in [-0.1, -0.05) is 12.1 Å². The van der Waals surface area contributed by atoms with E-state index in [-0.39, 0.29) is 0 Å². The molecule has 174 valence electrons. The van der Waals surface area contributed by atoms with E-state index in [1.165, 1.54) is 22.3 Å². The van der Waals surface area contributed by atoms with E-state index in [1.807, 2.05) is 17.0 Å². The van der Waals surface area contributed by atoms with Gasteiger partial charge in [-0.2, -0.15) is 11.3 Å². The van der Waals surface area contributed by atoms with Crippen LogP contribution in [0.1, 0.15) is 40.5 Å². The molecule has 0 radical (unpaired) electrons. The minimum Gasteiger partial charge on any atom is -0.382 e. The van der Waals surface area contributed by atoms with Crippen LogP contribution in [0.5, 0.6) is 0 Å². The number of hydrogen-bond donors (Lipinski definition) is 2. The number of nitrogen functional groups attached to an aromatic ring is 1. The average Bonchev–Trinajstić information content (AvgIpc) is 3.59. The van der Waals surface area contributed by atoms with Crippen molar-refractivity contribution in [3.8, 4) is 11.4 Å². The zero-order valence-electron chi connectivity index (χ0n) is 19.4. The summed E-state index contributed by atoms with van der Waals surface area (Å²) in [6.45, 7) is 4.33. The third kappa shape index (κ3) is 4.22. The van der Waals surface area contributed by atoms with Crippen LogP contribution < -0.4 is 5.73 Å². The van der Waals surface area contributed by atoms with Crippen LogP contribution in [0.2, 0.25) is 0 Å². The van der Waals surface area contributed by atoms with Crippen molar-refractivity contribution in [1.82, 2.24) is 24.3 Å². The van der Waals surface area contributed by atoms with Crippen LogP contribution in [0, 0.1) is 6.92 Å². The van der Waals surface area contributed by atoms with Crippen LogP contribution in [0.4, 0.5) is 5.82 Å². The molecule has 3 N–H and O–H groups in total. The van der Waals surface area contributed by atoms with Gasteiger partial charge in [-0.05, 0) is 69.0 Å². The lowest BCUT2D eigenvalue weighted by atomic mass is 9.96. The van der Waals surface area contributed by atoms with E-state index in [9.17, 15) is 4.79 Å². The number of aromatic amines is 1. The number of benzene rings is 1. The molecule has 4 aromatic heterocycles. The summed E-state index contributed by atoms with van der Waals surface area (Å²) in [6, 6.07) is 10.3. The Kier molecular flexibility index (Phi) is 6.17. The molecule has 0 bridgehead atoms. The first-order valence-electron chi connectivity index (χ1n) is 11.4. The Bertz CT molecular complexity index is 1430. The molecule has 0 spiro atoms. The summed E-state index contributed by atoms with van der Waals surface area (Å²) in [5.74, 6) is 2.06. The fourth-order valence-corrected chi connectivity index (χ4v) is 5.21. The molecule has 0 amide bonds. The molecule has 34 heavy (non-hydrogen) atoms. The minimum atomic E-state index is 0.440. The summed E-state index contributed by atoms with van der Waals surface area (Å²) in [4.78, 5) is 25.2. The van der Waals surface area contributed by atoms with Crippen molar-refractivity contribution in [2.24, 2.45) is 0 Å². The van der Waals surface area contributed by atoms with E-state index in [0.717, 1.165) is 66.0 Å². The highest BCUT2D eigenvalue weighted by atomic mass is 32.1. The highest BCUT2D eigenvalue weighted by molar-refractivity contribution is 7.08. The predicted molar refractivity (Wildman–Crippen MR) is 139 cm³/mol. The minimum absolute atomic E-state index is 0.440. The van der Waals surface area contributed by atoms with Gasteiger partial charge < -0.3 is 15.6 Å². The number of nitrogens with one attached hydrogen (secondary N) is 1. The first-order chi connectivity index (χ1) is 16.5. The number of nitrogens with two attached hydrogens (primary N) is 1. The number of carbonyl (C=O) groups excluding carboxylic acids is 1. The Balaban J connectivity index is 0.000000297. The first-order valence-corrected chi connectivity index (χ1v) is 12.4. The van der Waals surface area contributed by atoms with Gasteiger partial charge >= 0.3 is 0 Å². The standard InChI is InChI=1S/C21H24N6.C5H4OS/c1-13-4-3-5-16-15(13)12-17(24-16)18-19-20(22)23-8-11-27(19)21(25-18)14-6-9-26(2)10-7-14;6-3-5-1-2-7-4-5/h3-5,8,11-12,14,24H,6-7,9-10H2,1-2H3,(H2,22,23);1-4H. The molecule has 1 aliphatic rings. The third-order valence-corrected chi connectivity index (χ3v) is 7.21. The van der Waals surface area contributed by atoms with E-state index in [0.29, 0.717) is 11.7 Å². The van der Waals surface area contributed by atoms with Gasteiger partial charge in [0.25, 0.3) is 0 Å². The molecule has 0 saturated carbocycles. The number of rotatable bonds is 3. The second kappa shape index (κ2) is 9.40. The number of aryl methyl sites for hydroxylation is 1. The molecule has 0 atom stereocenters.